The van der Waals surface area contributed by atoms with E-state index in [9.17, 15) is 4.79 Å². The number of carbonyl (C=O) groups is 1. The quantitative estimate of drug-likeness (QED) is 0.502. The highest BCUT2D eigenvalue weighted by Gasteiger charge is 2.21. The Hall–Kier alpha value is -3.29. The Morgan fingerprint density at radius 1 is 1.06 bits per heavy atom. The number of piperazine rings is 1. The molecule has 172 valence electrons. The van der Waals surface area contributed by atoms with Crippen molar-refractivity contribution >= 4 is 11.9 Å². The van der Waals surface area contributed by atoms with Crippen molar-refractivity contribution in [2.45, 2.75) is 33.7 Å². The van der Waals surface area contributed by atoms with Crippen LogP contribution in [0, 0.1) is 0 Å². The summed E-state index contributed by atoms with van der Waals surface area (Å²) in [6.07, 6.45) is 2.63. The molecule has 0 bridgehead atoms. The molecule has 1 amide bonds. The van der Waals surface area contributed by atoms with Crippen molar-refractivity contribution in [3.63, 3.8) is 0 Å². The van der Waals surface area contributed by atoms with E-state index in [1.165, 1.54) is 0 Å². The fourth-order valence-electron chi connectivity index (χ4n) is 3.43. The molecule has 32 heavy (non-hydrogen) atoms. The zero-order valence-corrected chi connectivity index (χ0v) is 19.2. The fraction of sp³-hybridized carbons (Fsp3) is 0.458. The number of nitrogens with one attached hydrogen (secondary N) is 1. The SMILES string of the molecule is CCCOc1ccccc1Oc1ncccc1CN=C(NCC)N1CCN(C(C)=O)CC1. The molecule has 0 saturated carbocycles. The second-order valence-electron chi connectivity index (χ2n) is 7.53. The van der Waals surface area contributed by atoms with Gasteiger partial charge >= 0.3 is 0 Å². The lowest BCUT2D eigenvalue weighted by Gasteiger charge is -2.36. The first kappa shape index (κ1) is 23.4. The maximum absolute atomic E-state index is 11.6. The number of para-hydroxylation sites is 2. The van der Waals surface area contributed by atoms with Crippen LogP contribution in [0.1, 0.15) is 32.8 Å². The van der Waals surface area contributed by atoms with Crippen LogP contribution >= 0.6 is 0 Å². The number of pyridine rings is 1. The van der Waals surface area contributed by atoms with Gasteiger partial charge in [-0.05, 0) is 31.5 Å². The van der Waals surface area contributed by atoms with Gasteiger partial charge in [-0.15, -0.1) is 0 Å². The Morgan fingerprint density at radius 2 is 1.78 bits per heavy atom. The van der Waals surface area contributed by atoms with Crippen LogP contribution in [0.3, 0.4) is 0 Å². The van der Waals surface area contributed by atoms with Crippen LogP contribution < -0.4 is 14.8 Å². The van der Waals surface area contributed by atoms with Gasteiger partial charge in [0.2, 0.25) is 11.8 Å². The summed E-state index contributed by atoms with van der Waals surface area (Å²) < 4.78 is 11.9. The molecule has 1 saturated heterocycles. The normalized spacial score (nSPS) is 14.3. The van der Waals surface area contributed by atoms with Gasteiger partial charge in [-0.1, -0.05) is 25.1 Å². The number of carbonyl (C=O) groups excluding carboxylic acids is 1. The van der Waals surface area contributed by atoms with Gasteiger partial charge < -0.3 is 24.6 Å². The summed E-state index contributed by atoms with van der Waals surface area (Å²) >= 11 is 0. The predicted molar refractivity (Wildman–Crippen MR) is 125 cm³/mol. The van der Waals surface area contributed by atoms with E-state index >= 15 is 0 Å². The highest BCUT2D eigenvalue weighted by Crippen LogP contribution is 2.32. The van der Waals surface area contributed by atoms with E-state index in [4.69, 9.17) is 14.5 Å². The summed E-state index contributed by atoms with van der Waals surface area (Å²) in [7, 11) is 0. The lowest BCUT2D eigenvalue weighted by atomic mass is 10.2. The Morgan fingerprint density at radius 3 is 2.47 bits per heavy atom. The summed E-state index contributed by atoms with van der Waals surface area (Å²) in [5, 5.41) is 3.36. The van der Waals surface area contributed by atoms with Gasteiger partial charge in [0.05, 0.1) is 13.2 Å². The summed E-state index contributed by atoms with van der Waals surface area (Å²) in [5.74, 6) is 2.80. The molecule has 1 aliphatic heterocycles. The summed E-state index contributed by atoms with van der Waals surface area (Å²) in [6, 6.07) is 11.5. The number of hydrogen-bond acceptors (Lipinski definition) is 5. The van der Waals surface area contributed by atoms with Gasteiger partial charge in [-0.3, -0.25) is 4.79 Å². The molecule has 1 aliphatic rings. The number of aliphatic imine (C=N–C) groups is 1. The van der Waals surface area contributed by atoms with E-state index in [0.29, 0.717) is 43.6 Å². The molecule has 1 N–H and O–H groups in total. The summed E-state index contributed by atoms with van der Waals surface area (Å²) in [5.41, 5.74) is 0.885. The van der Waals surface area contributed by atoms with Crippen molar-refractivity contribution in [3.8, 4) is 17.4 Å². The minimum absolute atomic E-state index is 0.118. The standard InChI is InChI=1S/C24H33N5O3/c1-4-17-31-21-10-6-7-11-22(21)32-23-20(9-8-12-26-23)18-27-24(25-5-2)29-15-13-28(14-16-29)19(3)30/h6-12H,4-5,13-18H2,1-3H3,(H,25,27). The highest BCUT2D eigenvalue weighted by atomic mass is 16.5. The molecule has 2 aromatic rings. The summed E-state index contributed by atoms with van der Waals surface area (Å²) in [4.78, 5) is 24.9. The van der Waals surface area contributed by atoms with Crippen LogP contribution in [0.4, 0.5) is 0 Å². The number of amides is 1. The molecule has 3 rings (SSSR count). The first-order valence-corrected chi connectivity index (χ1v) is 11.2. The molecule has 0 radical (unpaired) electrons. The Kier molecular flexibility index (Phi) is 8.71. The third kappa shape index (κ3) is 6.35. The van der Waals surface area contributed by atoms with Gasteiger partial charge in [0, 0.05) is 51.4 Å². The molecular weight excluding hydrogens is 406 g/mol. The van der Waals surface area contributed by atoms with Crippen molar-refractivity contribution in [3.05, 3.63) is 48.2 Å². The van der Waals surface area contributed by atoms with Gasteiger partial charge in [-0.25, -0.2) is 9.98 Å². The number of hydrogen-bond donors (Lipinski definition) is 1. The predicted octanol–water partition coefficient (Wildman–Crippen LogP) is 3.29. The summed E-state index contributed by atoms with van der Waals surface area (Å²) in [6.45, 7) is 10.5. The van der Waals surface area contributed by atoms with Crippen LogP contribution in [-0.2, 0) is 11.3 Å². The third-order valence-electron chi connectivity index (χ3n) is 5.13. The molecule has 1 aromatic heterocycles. The Balaban J connectivity index is 1.73. The molecule has 1 aromatic carbocycles. The van der Waals surface area contributed by atoms with E-state index in [2.05, 4.69) is 22.1 Å². The van der Waals surface area contributed by atoms with E-state index in [0.717, 1.165) is 37.6 Å². The van der Waals surface area contributed by atoms with E-state index in [1.807, 2.05) is 48.2 Å². The zero-order chi connectivity index (χ0) is 22.8. The van der Waals surface area contributed by atoms with Crippen molar-refractivity contribution in [2.75, 3.05) is 39.3 Å². The van der Waals surface area contributed by atoms with Crippen molar-refractivity contribution < 1.29 is 14.3 Å². The maximum Gasteiger partial charge on any atom is 0.224 e. The largest absolute Gasteiger partial charge is 0.490 e. The van der Waals surface area contributed by atoms with Crippen LogP contribution in [0.2, 0.25) is 0 Å². The Labute approximate surface area is 190 Å². The van der Waals surface area contributed by atoms with E-state index in [-0.39, 0.29) is 5.91 Å². The van der Waals surface area contributed by atoms with Crippen molar-refractivity contribution in [1.82, 2.24) is 20.1 Å². The van der Waals surface area contributed by atoms with Gasteiger partial charge in [0.15, 0.2) is 17.5 Å². The Bertz CT molecular complexity index is 910. The fourth-order valence-corrected chi connectivity index (χ4v) is 3.43. The van der Waals surface area contributed by atoms with E-state index < -0.39 is 0 Å². The van der Waals surface area contributed by atoms with Crippen LogP contribution in [0.25, 0.3) is 0 Å². The molecule has 2 heterocycles. The number of benzene rings is 1. The van der Waals surface area contributed by atoms with Crippen LogP contribution in [0.5, 0.6) is 17.4 Å². The number of guanidine groups is 1. The first-order chi connectivity index (χ1) is 15.6. The lowest BCUT2D eigenvalue weighted by molar-refractivity contribution is -0.130. The third-order valence-corrected chi connectivity index (χ3v) is 5.13. The second-order valence-corrected chi connectivity index (χ2v) is 7.53. The average molecular weight is 440 g/mol. The number of aromatic nitrogens is 1. The monoisotopic (exact) mass is 439 g/mol. The molecule has 0 spiro atoms. The molecule has 1 fully saturated rings. The topological polar surface area (TPSA) is 79.3 Å². The van der Waals surface area contributed by atoms with Gasteiger partial charge in [0.1, 0.15) is 0 Å². The van der Waals surface area contributed by atoms with Crippen molar-refractivity contribution in [2.24, 2.45) is 4.99 Å². The zero-order valence-electron chi connectivity index (χ0n) is 19.2. The van der Waals surface area contributed by atoms with Crippen molar-refractivity contribution in [1.29, 1.82) is 0 Å². The lowest BCUT2D eigenvalue weighted by Crippen LogP contribution is -2.53. The minimum Gasteiger partial charge on any atom is -0.490 e. The molecule has 0 aliphatic carbocycles. The molecule has 0 atom stereocenters. The highest BCUT2D eigenvalue weighted by molar-refractivity contribution is 5.80. The average Bonchev–Trinajstić information content (AvgIpc) is 2.82. The minimum atomic E-state index is 0.118. The molecule has 8 nitrogen and oxygen atoms in total. The number of ether oxygens (including phenoxy) is 2. The van der Waals surface area contributed by atoms with Gasteiger partial charge in [-0.2, -0.15) is 0 Å². The number of rotatable bonds is 8. The van der Waals surface area contributed by atoms with E-state index in [1.54, 1.807) is 13.1 Å². The first-order valence-electron chi connectivity index (χ1n) is 11.2. The molecule has 8 heteroatoms. The second kappa shape index (κ2) is 11.9. The van der Waals surface area contributed by atoms with Crippen LogP contribution in [-0.4, -0.2) is 66.0 Å². The maximum atomic E-state index is 11.6. The van der Waals surface area contributed by atoms with Gasteiger partial charge in [0.25, 0.3) is 0 Å². The molecular formula is C24H33N5O3. The number of nitrogens with zero attached hydrogens (tertiary/aromatic N) is 4. The molecule has 0 unspecified atom stereocenters. The smallest absolute Gasteiger partial charge is 0.224 e. The van der Waals surface area contributed by atoms with Crippen LogP contribution in [0.15, 0.2) is 47.6 Å².